The number of nitrogens with zero attached hydrogens (tertiary/aromatic N) is 1. The summed E-state index contributed by atoms with van der Waals surface area (Å²) in [5.74, 6) is 0.533. The Morgan fingerprint density at radius 2 is 2.21 bits per heavy atom. The van der Waals surface area contributed by atoms with E-state index >= 15 is 0 Å². The number of Topliss-reactive ketones (excluding diaryl/α,β-unsaturated/α-hetero) is 1. The van der Waals surface area contributed by atoms with Gasteiger partial charge in [-0.3, -0.25) is 9.78 Å². The molecule has 5 heteroatoms. The molecule has 3 nitrogen and oxygen atoms in total. The van der Waals surface area contributed by atoms with E-state index in [2.05, 4.69) is 20.9 Å². The monoisotopic (exact) mass is 339 g/mol. The summed E-state index contributed by atoms with van der Waals surface area (Å²) in [6.45, 7) is 0. The van der Waals surface area contributed by atoms with E-state index in [1.807, 2.05) is 18.2 Å². The predicted molar refractivity (Wildman–Crippen MR) is 78.0 cm³/mol. The van der Waals surface area contributed by atoms with Gasteiger partial charge < -0.3 is 4.74 Å². The summed E-state index contributed by atoms with van der Waals surface area (Å²) < 4.78 is 6.13. The third-order valence-electron chi connectivity index (χ3n) is 2.62. The third kappa shape index (κ3) is 3.33. The Kier molecular flexibility index (Phi) is 4.56. The number of hydrogen-bond donors (Lipinski definition) is 0. The first-order chi connectivity index (χ1) is 9.11. The van der Waals surface area contributed by atoms with Gasteiger partial charge in [0.1, 0.15) is 11.4 Å². The van der Waals surface area contributed by atoms with Crippen LogP contribution in [0.15, 0.2) is 41.0 Å². The molecule has 0 aliphatic carbocycles. The third-order valence-corrected chi connectivity index (χ3v) is 3.41. The highest BCUT2D eigenvalue weighted by Gasteiger charge is 2.15. The Balaban J connectivity index is 2.29. The Hall–Kier alpha value is -1.39. The highest BCUT2D eigenvalue weighted by Crippen LogP contribution is 2.25. The number of rotatable bonds is 4. The van der Waals surface area contributed by atoms with Gasteiger partial charge in [-0.25, -0.2) is 0 Å². The molecule has 1 aromatic heterocycles. The van der Waals surface area contributed by atoms with Crippen molar-refractivity contribution >= 4 is 33.3 Å². The molecular formula is C14H11BrClNO2. The second-order valence-corrected chi connectivity index (χ2v) is 5.21. The van der Waals surface area contributed by atoms with Gasteiger partial charge in [0.25, 0.3) is 0 Å². The molecule has 0 amide bonds. The minimum Gasteiger partial charge on any atom is -0.496 e. The number of ether oxygens (including phenoxy) is 1. The number of hydrogen-bond acceptors (Lipinski definition) is 3. The molecule has 0 fully saturated rings. The van der Waals surface area contributed by atoms with Crippen LogP contribution in [0.4, 0.5) is 0 Å². The van der Waals surface area contributed by atoms with Crippen LogP contribution in [-0.2, 0) is 6.42 Å². The molecule has 98 valence electrons. The van der Waals surface area contributed by atoms with E-state index < -0.39 is 0 Å². The lowest BCUT2D eigenvalue weighted by Crippen LogP contribution is -2.07. The summed E-state index contributed by atoms with van der Waals surface area (Å²) in [6.07, 6.45) is 1.75. The number of carbonyl (C=O) groups excluding carboxylic acids is 1. The average Bonchev–Trinajstić information content (AvgIpc) is 2.39. The van der Waals surface area contributed by atoms with Gasteiger partial charge in [0.05, 0.1) is 12.1 Å². The Bertz CT molecular complexity index is 616. The summed E-state index contributed by atoms with van der Waals surface area (Å²) in [5.41, 5.74) is 1.08. The molecule has 0 aliphatic heterocycles. The van der Waals surface area contributed by atoms with Crippen LogP contribution in [0.5, 0.6) is 5.75 Å². The number of ketones is 1. The Morgan fingerprint density at radius 3 is 2.89 bits per heavy atom. The SMILES string of the molecule is COc1ccc(Br)cc1CC(=O)c1ncccc1Cl. The van der Waals surface area contributed by atoms with Crippen LogP contribution in [0.3, 0.4) is 0 Å². The zero-order valence-corrected chi connectivity index (χ0v) is 12.5. The summed E-state index contributed by atoms with van der Waals surface area (Å²) in [4.78, 5) is 16.2. The maximum atomic E-state index is 12.2. The van der Waals surface area contributed by atoms with Crippen molar-refractivity contribution in [1.29, 1.82) is 0 Å². The van der Waals surface area contributed by atoms with E-state index in [1.165, 1.54) is 0 Å². The molecule has 2 rings (SSSR count). The van der Waals surface area contributed by atoms with E-state index in [9.17, 15) is 4.79 Å². The molecule has 0 saturated heterocycles. The molecular weight excluding hydrogens is 330 g/mol. The average molecular weight is 341 g/mol. The van der Waals surface area contributed by atoms with E-state index in [1.54, 1.807) is 25.4 Å². The van der Waals surface area contributed by atoms with Crippen molar-refractivity contribution in [2.45, 2.75) is 6.42 Å². The molecule has 1 aromatic carbocycles. The molecule has 0 radical (unpaired) electrons. The van der Waals surface area contributed by atoms with Gasteiger partial charge in [-0.05, 0) is 30.3 Å². The van der Waals surface area contributed by atoms with Gasteiger partial charge in [0, 0.05) is 22.7 Å². The van der Waals surface area contributed by atoms with E-state index in [0.29, 0.717) is 10.8 Å². The fraction of sp³-hybridized carbons (Fsp3) is 0.143. The van der Waals surface area contributed by atoms with Crippen LogP contribution < -0.4 is 4.74 Å². The van der Waals surface area contributed by atoms with Crippen LogP contribution in [0, 0.1) is 0 Å². The van der Waals surface area contributed by atoms with Gasteiger partial charge in [-0.2, -0.15) is 0 Å². The predicted octanol–water partition coefficient (Wildman–Crippen LogP) is 3.93. The number of carbonyl (C=O) groups is 1. The number of aromatic nitrogens is 1. The summed E-state index contributed by atoms with van der Waals surface area (Å²) in [6, 6.07) is 8.87. The first-order valence-corrected chi connectivity index (χ1v) is 6.75. The van der Waals surface area contributed by atoms with Crippen molar-refractivity contribution in [2.24, 2.45) is 0 Å². The maximum absolute atomic E-state index is 12.2. The van der Waals surface area contributed by atoms with Crippen molar-refractivity contribution in [3.8, 4) is 5.75 Å². The molecule has 0 bridgehead atoms. The normalized spacial score (nSPS) is 10.3. The lowest BCUT2D eigenvalue weighted by Gasteiger charge is -2.08. The summed E-state index contributed by atoms with van der Waals surface area (Å²) in [7, 11) is 1.57. The van der Waals surface area contributed by atoms with E-state index in [0.717, 1.165) is 10.0 Å². The van der Waals surface area contributed by atoms with Crippen molar-refractivity contribution in [3.05, 3.63) is 57.3 Å². The van der Waals surface area contributed by atoms with Crippen LogP contribution in [0.1, 0.15) is 16.1 Å². The first-order valence-electron chi connectivity index (χ1n) is 5.58. The molecule has 0 atom stereocenters. The van der Waals surface area contributed by atoms with Gasteiger partial charge in [0.15, 0.2) is 5.78 Å². The first kappa shape index (κ1) is 14.0. The molecule has 1 heterocycles. The molecule has 19 heavy (non-hydrogen) atoms. The van der Waals surface area contributed by atoms with Gasteiger partial charge in [-0.1, -0.05) is 27.5 Å². The van der Waals surface area contributed by atoms with Gasteiger partial charge >= 0.3 is 0 Å². The minimum absolute atomic E-state index is 0.137. The lowest BCUT2D eigenvalue weighted by molar-refractivity contribution is 0.0987. The van der Waals surface area contributed by atoms with Gasteiger partial charge in [-0.15, -0.1) is 0 Å². The Morgan fingerprint density at radius 1 is 1.42 bits per heavy atom. The minimum atomic E-state index is -0.137. The molecule has 0 spiro atoms. The Labute approximate surface area is 124 Å². The summed E-state index contributed by atoms with van der Waals surface area (Å²) in [5, 5.41) is 0.362. The topological polar surface area (TPSA) is 39.2 Å². The zero-order chi connectivity index (χ0) is 13.8. The molecule has 0 aliphatic rings. The molecule has 0 N–H and O–H groups in total. The highest BCUT2D eigenvalue weighted by molar-refractivity contribution is 9.10. The number of benzene rings is 1. The van der Waals surface area contributed by atoms with E-state index in [4.69, 9.17) is 16.3 Å². The smallest absolute Gasteiger partial charge is 0.187 e. The van der Waals surface area contributed by atoms with Crippen molar-refractivity contribution in [2.75, 3.05) is 7.11 Å². The summed E-state index contributed by atoms with van der Waals surface area (Å²) >= 11 is 9.34. The fourth-order valence-electron chi connectivity index (χ4n) is 1.73. The number of halogens is 2. The quantitative estimate of drug-likeness (QED) is 0.792. The largest absolute Gasteiger partial charge is 0.496 e. The number of pyridine rings is 1. The second-order valence-electron chi connectivity index (χ2n) is 3.89. The van der Waals surface area contributed by atoms with Crippen LogP contribution in [0.2, 0.25) is 5.02 Å². The zero-order valence-electron chi connectivity index (χ0n) is 10.2. The van der Waals surface area contributed by atoms with Crippen molar-refractivity contribution < 1.29 is 9.53 Å². The maximum Gasteiger partial charge on any atom is 0.187 e. The van der Waals surface area contributed by atoms with Crippen LogP contribution in [0.25, 0.3) is 0 Å². The van der Waals surface area contributed by atoms with Crippen LogP contribution >= 0.6 is 27.5 Å². The fourth-order valence-corrected chi connectivity index (χ4v) is 2.37. The molecule has 0 unspecified atom stereocenters. The lowest BCUT2D eigenvalue weighted by atomic mass is 10.1. The number of methoxy groups -OCH3 is 1. The van der Waals surface area contributed by atoms with Crippen molar-refractivity contribution in [1.82, 2.24) is 4.98 Å². The molecule has 0 saturated carbocycles. The second kappa shape index (κ2) is 6.17. The standard InChI is InChI=1S/C14H11BrClNO2/c1-19-13-5-4-10(15)7-9(13)8-12(18)14-11(16)3-2-6-17-14/h2-7H,8H2,1H3. The van der Waals surface area contributed by atoms with E-state index in [-0.39, 0.29) is 17.9 Å². The molecule has 2 aromatic rings. The van der Waals surface area contributed by atoms with Crippen molar-refractivity contribution in [3.63, 3.8) is 0 Å². The highest BCUT2D eigenvalue weighted by atomic mass is 79.9. The van der Waals surface area contributed by atoms with Crippen LogP contribution in [-0.4, -0.2) is 17.9 Å². The van der Waals surface area contributed by atoms with Gasteiger partial charge in [0.2, 0.25) is 0 Å².